The highest BCUT2D eigenvalue weighted by molar-refractivity contribution is 5.61. The van der Waals surface area contributed by atoms with Crippen molar-refractivity contribution in [1.82, 2.24) is 4.90 Å². The van der Waals surface area contributed by atoms with E-state index in [1.54, 1.807) is 14.2 Å². The Bertz CT molecular complexity index is 1090. The van der Waals surface area contributed by atoms with Crippen LogP contribution in [0, 0.1) is 0 Å². The lowest BCUT2D eigenvalue weighted by atomic mass is 9.84. The number of nitrogens with zero attached hydrogens (tertiary/aromatic N) is 1. The molecular weight excluding hydrogens is 384 g/mol. The summed E-state index contributed by atoms with van der Waals surface area (Å²) in [5.74, 6) is 2.13. The summed E-state index contributed by atoms with van der Waals surface area (Å²) >= 11 is 0. The van der Waals surface area contributed by atoms with Crippen molar-refractivity contribution in [2.24, 2.45) is 0 Å². The van der Waals surface area contributed by atoms with E-state index in [4.69, 9.17) is 9.47 Å². The minimum atomic E-state index is 0.127. The number of para-hydroxylation sites is 1. The molecule has 0 saturated heterocycles. The van der Waals surface area contributed by atoms with E-state index in [2.05, 4.69) is 84.7 Å². The quantitative estimate of drug-likeness (QED) is 0.576. The van der Waals surface area contributed by atoms with Crippen LogP contribution in [-0.2, 0) is 6.42 Å². The standard InChI is InChI=1S/C27H30N2O2/c1-17(2)18-9-11-19(12-10-18)27-28-23-8-6-5-7-21(23)26-22-16-25(31-4)24(30-3)15-20(22)13-14-29(26)27/h5-12,15-17,26-28H,13-14H2,1-4H3. The van der Waals surface area contributed by atoms with Crippen molar-refractivity contribution in [3.63, 3.8) is 0 Å². The van der Waals surface area contributed by atoms with Gasteiger partial charge in [-0.1, -0.05) is 56.3 Å². The molecule has 0 aromatic heterocycles. The third kappa shape index (κ3) is 3.35. The normalized spacial score (nSPS) is 19.8. The molecule has 0 saturated carbocycles. The first-order valence-electron chi connectivity index (χ1n) is 11.1. The summed E-state index contributed by atoms with van der Waals surface area (Å²) in [4.78, 5) is 2.58. The summed E-state index contributed by atoms with van der Waals surface area (Å²) < 4.78 is 11.2. The highest BCUT2D eigenvalue weighted by Crippen LogP contribution is 2.48. The summed E-state index contributed by atoms with van der Waals surface area (Å²) in [6.45, 7) is 5.46. The van der Waals surface area contributed by atoms with E-state index in [0.29, 0.717) is 5.92 Å². The maximum atomic E-state index is 5.66. The number of ether oxygens (including phenoxy) is 2. The maximum Gasteiger partial charge on any atom is 0.161 e. The molecule has 0 spiro atoms. The van der Waals surface area contributed by atoms with Crippen molar-refractivity contribution in [1.29, 1.82) is 0 Å². The molecule has 0 fully saturated rings. The number of hydrogen-bond acceptors (Lipinski definition) is 4. The van der Waals surface area contributed by atoms with Crippen LogP contribution in [0.2, 0.25) is 0 Å². The van der Waals surface area contributed by atoms with Crippen LogP contribution in [0.25, 0.3) is 0 Å². The maximum absolute atomic E-state index is 5.66. The molecule has 4 nitrogen and oxygen atoms in total. The molecule has 0 aliphatic carbocycles. The minimum absolute atomic E-state index is 0.127. The Labute approximate surface area is 184 Å². The summed E-state index contributed by atoms with van der Waals surface area (Å²) in [5, 5.41) is 3.81. The first kappa shape index (κ1) is 20.0. The Morgan fingerprint density at radius 2 is 1.61 bits per heavy atom. The summed E-state index contributed by atoms with van der Waals surface area (Å²) in [7, 11) is 3.41. The minimum Gasteiger partial charge on any atom is -0.493 e. The number of methoxy groups -OCH3 is 2. The molecule has 2 heterocycles. The third-order valence-electron chi connectivity index (χ3n) is 6.71. The molecule has 2 aliphatic rings. The zero-order chi connectivity index (χ0) is 21.5. The highest BCUT2D eigenvalue weighted by Gasteiger charge is 2.39. The lowest BCUT2D eigenvalue weighted by Crippen LogP contribution is -2.45. The zero-order valence-electron chi connectivity index (χ0n) is 18.7. The molecule has 0 radical (unpaired) electrons. The monoisotopic (exact) mass is 414 g/mol. The Balaban J connectivity index is 1.63. The van der Waals surface area contributed by atoms with Gasteiger partial charge in [0.05, 0.1) is 20.3 Å². The highest BCUT2D eigenvalue weighted by atomic mass is 16.5. The van der Waals surface area contributed by atoms with Gasteiger partial charge in [0.15, 0.2) is 11.5 Å². The number of nitrogens with one attached hydrogen (secondary N) is 1. The van der Waals surface area contributed by atoms with E-state index in [0.717, 1.165) is 24.5 Å². The molecule has 160 valence electrons. The van der Waals surface area contributed by atoms with Crippen molar-refractivity contribution in [3.05, 3.63) is 88.5 Å². The molecule has 3 aromatic carbocycles. The van der Waals surface area contributed by atoms with Gasteiger partial charge >= 0.3 is 0 Å². The van der Waals surface area contributed by atoms with E-state index in [1.165, 1.54) is 33.5 Å². The van der Waals surface area contributed by atoms with Gasteiger partial charge in [-0.2, -0.15) is 0 Å². The predicted molar refractivity (Wildman–Crippen MR) is 125 cm³/mol. The van der Waals surface area contributed by atoms with Crippen molar-refractivity contribution in [2.75, 3.05) is 26.1 Å². The van der Waals surface area contributed by atoms with Crippen molar-refractivity contribution in [2.45, 2.75) is 38.4 Å². The van der Waals surface area contributed by atoms with Crippen LogP contribution in [0.15, 0.2) is 60.7 Å². The van der Waals surface area contributed by atoms with Gasteiger partial charge in [0.2, 0.25) is 0 Å². The van der Waals surface area contributed by atoms with Crippen LogP contribution in [0.5, 0.6) is 11.5 Å². The van der Waals surface area contributed by atoms with E-state index in [-0.39, 0.29) is 12.2 Å². The number of rotatable bonds is 4. The average Bonchev–Trinajstić information content (AvgIpc) is 2.82. The van der Waals surface area contributed by atoms with Crippen LogP contribution in [0.1, 0.15) is 59.8 Å². The third-order valence-corrected chi connectivity index (χ3v) is 6.71. The molecule has 2 unspecified atom stereocenters. The van der Waals surface area contributed by atoms with Gasteiger partial charge in [-0.05, 0) is 58.4 Å². The van der Waals surface area contributed by atoms with Crippen LogP contribution in [0.4, 0.5) is 5.69 Å². The first-order valence-corrected chi connectivity index (χ1v) is 11.1. The molecule has 4 heteroatoms. The van der Waals surface area contributed by atoms with Gasteiger partial charge < -0.3 is 14.8 Å². The summed E-state index contributed by atoms with van der Waals surface area (Å²) in [6, 6.07) is 22.3. The topological polar surface area (TPSA) is 33.7 Å². The largest absolute Gasteiger partial charge is 0.493 e. The molecule has 3 aromatic rings. The van der Waals surface area contributed by atoms with Gasteiger partial charge in [-0.3, -0.25) is 4.90 Å². The van der Waals surface area contributed by atoms with Gasteiger partial charge in [-0.15, -0.1) is 0 Å². The Hall–Kier alpha value is -2.98. The van der Waals surface area contributed by atoms with Gasteiger partial charge in [0.1, 0.15) is 6.17 Å². The van der Waals surface area contributed by atoms with Crippen LogP contribution in [0.3, 0.4) is 0 Å². The summed E-state index contributed by atoms with van der Waals surface area (Å²) in [5.41, 5.74) is 7.83. The van der Waals surface area contributed by atoms with Crippen LogP contribution >= 0.6 is 0 Å². The zero-order valence-corrected chi connectivity index (χ0v) is 18.7. The molecule has 0 amide bonds. The SMILES string of the molecule is COc1cc2c(cc1OC)C1c3ccccc3NC(c3ccc(C(C)C)cc3)N1CC2. The number of benzene rings is 3. The lowest BCUT2D eigenvalue weighted by molar-refractivity contribution is 0.153. The fourth-order valence-corrected chi connectivity index (χ4v) is 5.02. The Morgan fingerprint density at radius 3 is 2.32 bits per heavy atom. The number of hydrogen-bond donors (Lipinski definition) is 1. The average molecular weight is 415 g/mol. The van der Waals surface area contributed by atoms with E-state index in [9.17, 15) is 0 Å². The Kier molecular flexibility index (Phi) is 5.11. The van der Waals surface area contributed by atoms with E-state index < -0.39 is 0 Å². The van der Waals surface area contributed by atoms with Gasteiger partial charge in [0.25, 0.3) is 0 Å². The van der Waals surface area contributed by atoms with Crippen molar-refractivity contribution < 1.29 is 9.47 Å². The van der Waals surface area contributed by atoms with E-state index >= 15 is 0 Å². The van der Waals surface area contributed by atoms with Gasteiger partial charge in [-0.25, -0.2) is 0 Å². The number of anilines is 1. The molecule has 2 aliphatic heterocycles. The van der Waals surface area contributed by atoms with Crippen molar-refractivity contribution in [3.8, 4) is 11.5 Å². The Morgan fingerprint density at radius 1 is 0.903 bits per heavy atom. The molecule has 1 N–H and O–H groups in total. The van der Waals surface area contributed by atoms with Crippen LogP contribution < -0.4 is 14.8 Å². The fraction of sp³-hybridized carbons (Fsp3) is 0.333. The molecule has 5 rings (SSSR count). The smallest absolute Gasteiger partial charge is 0.161 e. The second kappa shape index (κ2) is 7.93. The second-order valence-electron chi connectivity index (χ2n) is 8.75. The fourth-order valence-electron chi connectivity index (χ4n) is 5.02. The number of fused-ring (bicyclic) bond motifs is 5. The molecule has 31 heavy (non-hydrogen) atoms. The predicted octanol–water partition coefficient (Wildman–Crippen LogP) is 5.90. The van der Waals surface area contributed by atoms with Crippen molar-refractivity contribution >= 4 is 5.69 Å². The molecule has 0 bridgehead atoms. The molecular formula is C27H30N2O2. The van der Waals surface area contributed by atoms with Crippen LogP contribution in [-0.4, -0.2) is 25.7 Å². The van der Waals surface area contributed by atoms with E-state index in [1.807, 2.05) is 0 Å². The summed E-state index contributed by atoms with van der Waals surface area (Å²) in [6.07, 6.45) is 1.11. The first-order chi connectivity index (χ1) is 15.1. The van der Waals surface area contributed by atoms with Gasteiger partial charge in [0, 0.05) is 12.2 Å². The molecule has 2 atom stereocenters. The second-order valence-corrected chi connectivity index (χ2v) is 8.75. The lowest BCUT2D eigenvalue weighted by Gasteiger charge is -2.47.